The number of aryl methyl sites for hydroxylation is 1. The minimum atomic E-state index is -0.237. The van der Waals surface area contributed by atoms with Crippen LogP contribution < -0.4 is 10.9 Å². The molecule has 7 heteroatoms. The molecule has 2 heterocycles. The van der Waals surface area contributed by atoms with E-state index in [4.69, 9.17) is 11.6 Å². The molecule has 0 aliphatic carbocycles. The minimum absolute atomic E-state index is 0.0489. The summed E-state index contributed by atoms with van der Waals surface area (Å²) in [5.41, 5.74) is 0.761. The molecule has 0 bridgehead atoms. The Morgan fingerprint density at radius 2 is 2.08 bits per heavy atom. The number of rotatable bonds is 5. The molecule has 0 atom stereocenters. The summed E-state index contributed by atoms with van der Waals surface area (Å²) in [7, 11) is 0. The lowest BCUT2D eigenvalue weighted by atomic mass is 10.2. The Kier molecular flexibility index (Phi) is 4.97. The van der Waals surface area contributed by atoms with Crippen molar-refractivity contribution in [1.29, 1.82) is 0 Å². The zero-order chi connectivity index (χ0) is 17.1. The van der Waals surface area contributed by atoms with Gasteiger partial charge >= 0.3 is 0 Å². The van der Waals surface area contributed by atoms with Gasteiger partial charge in [-0.05, 0) is 30.2 Å². The number of benzene rings is 1. The van der Waals surface area contributed by atoms with Gasteiger partial charge in [-0.15, -0.1) is 11.3 Å². The number of amides is 1. The second kappa shape index (κ2) is 7.15. The lowest BCUT2D eigenvalue weighted by Gasteiger charge is -2.07. The van der Waals surface area contributed by atoms with Crippen LogP contribution in [0.5, 0.6) is 0 Å². The van der Waals surface area contributed by atoms with Gasteiger partial charge in [0.15, 0.2) is 0 Å². The second-order valence-corrected chi connectivity index (χ2v) is 6.92. The SMILES string of the molecule is CCc1cc2c(=O)n(CC(=O)NCc3ccc(Cl)cc3)cnc2s1. The summed E-state index contributed by atoms with van der Waals surface area (Å²) in [6.07, 6.45) is 2.30. The zero-order valence-electron chi connectivity index (χ0n) is 13.1. The van der Waals surface area contributed by atoms with E-state index in [-0.39, 0.29) is 18.0 Å². The van der Waals surface area contributed by atoms with Gasteiger partial charge < -0.3 is 5.32 Å². The van der Waals surface area contributed by atoms with Crippen molar-refractivity contribution in [3.63, 3.8) is 0 Å². The fraction of sp³-hybridized carbons (Fsp3) is 0.235. The first-order chi connectivity index (χ1) is 11.6. The molecule has 0 saturated carbocycles. The molecule has 24 heavy (non-hydrogen) atoms. The van der Waals surface area contributed by atoms with Crippen molar-refractivity contribution >= 4 is 39.1 Å². The Morgan fingerprint density at radius 3 is 2.79 bits per heavy atom. The van der Waals surface area contributed by atoms with Crippen LogP contribution in [0.25, 0.3) is 10.2 Å². The van der Waals surface area contributed by atoms with Gasteiger partial charge in [-0.3, -0.25) is 14.2 Å². The van der Waals surface area contributed by atoms with Crippen LogP contribution in [0.15, 0.2) is 41.5 Å². The summed E-state index contributed by atoms with van der Waals surface area (Å²) < 4.78 is 1.34. The highest BCUT2D eigenvalue weighted by atomic mass is 35.5. The first-order valence-electron chi connectivity index (χ1n) is 7.56. The Morgan fingerprint density at radius 1 is 1.33 bits per heavy atom. The molecule has 0 unspecified atom stereocenters. The Bertz CT molecular complexity index is 931. The smallest absolute Gasteiger partial charge is 0.262 e. The molecule has 0 radical (unpaired) electrons. The number of carbonyl (C=O) groups excluding carboxylic acids is 1. The van der Waals surface area contributed by atoms with E-state index in [0.29, 0.717) is 17.0 Å². The first kappa shape index (κ1) is 16.7. The zero-order valence-corrected chi connectivity index (χ0v) is 14.7. The number of thiophene rings is 1. The van der Waals surface area contributed by atoms with Crippen molar-refractivity contribution in [2.45, 2.75) is 26.4 Å². The van der Waals surface area contributed by atoms with Gasteiger partial charge in [0, 0.05) is 16.4 Å². The molecule has 124 valence electrons. The highest BCUT2D eigenvalue weighted by Crippen LogP contribution is 2.20. The van der Waals surface area contributed by atoms with E-state index in [1.807, 2.05) is 25.1 Å². The van der Waals surface area contributed by atoms with Gasteiger partial charge in [-0.1, -0.05) is 30.7 Å². The second-order valence-electron chi connectivity index (χ2n) is 5.37. The predicted octanol–water partition coefficient (Wildman–Crippen LogP) is 2.99. The van der Waals surface area contributed by atoms with E-state index in [9.17, 15) is 9.59 Å². The molecular formula is C17H16ClN3O2S. The largest absolute Gasteiger partial charge is 0.350 e. The van der Waals surface area contributed by atoms with Crippen molar-refractivity contribution in [2.24, 2.45) is 0 Å². The van der Waals surface area contributed by atoms with Crippen molar-refractivity contribution in [1.82, 2.24) is 14.9 Å². The number of nitrogens with one attached hydrogen (secondary N) is 1. The molecule has 0 aliphatic rings. The third kappa shape index (κ3) is 3.66. The molecule has 0 fully saturated rings. The number of fused-ring (bicyclic) bond motifs is 1. The highest BCUT2D eigenvalue weighted by Gasteiger charge is 2.10. The Balaban J connectivity index is 1.69. The van der Waals surface area contributed by atoms with E-state index in [2.05, 4.69) is 10.3 Å². The fourth-order valence-electron chi connectivity index (χ4n) is 2.31. The summed E-state index contributed by atoms with van der Waals surface area (Å²) in [6.45, 7) is 2.37. The van der Waals surface area contributed by atoms with Crippen LogP contribution in [0, 0.1) is 0 Å². The highest BCUT2D eigenvalue weighted by molar-refractivity contribution is 7.18. The standard InChI is InChI=1S/C17H16ClN3O2S/c1-2-13-7-14-16(24-13)20-10-21(17(14)23)9-15(22)19-8-11-3-5-12(18)6-4-11/h3-7,10H,2,8-9H2,1H3,(H,19,22). The van der Waals surface area contributed by atoms with Crippen LogP contribution in [-0.4, -0.2) is 15.5 Å². The van der Waals surface area contributed by atoms with Crippen molar-refractivity contribution < 1.29 is 4.79 Å². The maximum Gasteiger partial charge on any atom is 0.262 e. The summed E-state index contributed by atoms with van der Waals surface area (Å²) in [4.78, 5) is 30.6. The van der Waals surface area contributed by atoms with Gasteiger partial charge in [0.1, 0.15) is 11.4 Å². The normalized spacial score (nSPS) is 10.9. The van der Waals surface area contributed by atoms with E-state index >= 15 is 0 Å². The molecule has 1 N–H and O–H groups in total. The fourth-order valence-corrected chi connectivity index (χ4v) is 3.36. The summed E-state index contributed by atoms with van der Waals surface area (Å²) >= 11 is 7.34. The van der Waals surface area contributed by atoms with Crippen molar-refractivity contribution in [3.8, 4) is 0 Å². The molecule has 1 aromatic carbocycles. The van der Waals surface area contributed by atoms with E-state index < -0.39 is 0 Å². The maximum absolute atomic E-state index is 12.4. The van der Waals surface area contributed by atoms with Crippen LogP contribution in [0.2, 0.25) is 5.02 Å². The van der Waals surface area contributed by atoms with E-state index in [1.54, 1.807) is 12.1 Å². The van der Waals surface area contributed by atoms with Gasteiger partial charge in [0.25, 0.3) is 5.56 Å². The monoisotopic (exact) mass is 361 g/mol. The first-order valence-corrected chi connectivity index (χ1v) is 8.75. The number of hydrogen-bond acceptors (Lipinski definition) is 4. The molecule has 3 aromatic rings. The van der Waals surface area contributed by atoms with Crippen molar-refractivity contribution in [2.75, 3.05) is 0 Å². The molecule has 1 amide bonds. The maximum atomic E-state index is 12.4. The van der Waals surface area contributed by atoms with E-state index in [0.717, 1.165) is 21.7 Å². The Labute approximate surface area is 147 Å². The Hall–Kier alpha value is -2.18. The molecule has 0 spiro atoms. The lowest BCUT2D eigenvalue weighted by molar-refractivity contribution is -0.121. The van der Waals surface area contributed by atoms with Crippen LogP contribution in [-0.2, 0) is 24.3 Å². The average Bonchev–Trinajstić information content (AvgIpc) is 3.01. The van der Waals surface area contributed by atoms with Gasteiger partial charge in [-0.25, -0.2) is 4.98 Å². The molecule has 0 saturated heterocycles. The predicted molar refractivity (Wildman–Crippen MR) is 96.6 cm³/mol. The van der Waals surface area contributed by atoms with Gasteiger partial charge in [0.05, 0.1) is 11.7 Å². The van der Waals surface area contributed by atoms with Crippen LogP contribution in [0.3, 0.4) is 0 Å². The number of aromatic nitrogens is 2. The van der Waals surface area contributed by atoms with Gasteiger partial charge in [-0.2, -0.15) is 0 Å². The number of halogens is 1. The lowest BCUT2D eigenvalue weighted by Crippen LogP contribution is -2.32. The third-order valence-electron chi connectivity index (χ3n) is 3.63. The molecule has 5 nitrogen and oxygen atoms in total. The summed E-state index contributed by atoms with van der Waals surface area (Å²) in [5.74, 6) is -0.237. The minimum Gasteiger partial charge on any atom is -0.350 e. The van der Waals surface area contributed by atoms with Crippen LogP contribution in [0.4, 0.5) is 0 Å². The molecule has 3 rings (SSSR count). The van der Waals surface area contributed by atoms with Crippen molar-refractivity contribution in [3.05, 3.63) is 62.5 Å². The number of nitrogens with zero attached hydrogens (tertiary/aromatic N) is 2. The molecule has 2 aromatic heterocycles. The van der Waals surface area contributed by atoms with Gasteiger partial charge in [0.2, 0.25) is 5.91 Å². The summed E-state index contributed by atoms with van der Waals surface area (Å²) in [5, 5.41) is 4.02. The summed E-state index contributed by atoms with van der Waals surface area (Å²) in [6, 6.07) is 9.10. The molecular weight excluding hydrogens is 346 g/mol. The van der Waals surface area contributed by atoms with Crippen LogP contribution >= 0.6 is 22.9 Å². The topological polar surface area (TPSA) is 64.0 Å². The number of hydrogen-bond donors (Lipinski definition) is 1. The molecule has 0 aliphatic heterocycles. The van der Waals surface area contributed by atoms with E-state index in [1.165, 1.54) is 22.2 Å². The third-order valence-corrected chi connectivity index (χ3v) is 5.07. The quantitative estimate of drug-likeness (QED) is 0.759. The number of carbonyl (C=O) groups is 1. The average molecular weight is 362 g/mol. The van der Waals surface area contributed by atoms with Crippen LogP contribution in [0.1, 0.15) is 17.4 Å².